The lowest BCUT2D eigenvalue weighted by Gasteiger charge is -2.26. The first kappa shape index (κ1) is 22.0. The summed E-state index contributed by atoms with van der Waals surface area (Å²) in [6.07, 6.45) is 7.14. The molecule has 0 aliphatic carbocycles. The van der Waals surface area contributed by atoms with Crippen LogP contribution in [0.5, 0.6) is 0 Å². The van der Waals surface area contributed by atoms with Gasteiger partial charge in [-0.25, -0.2) is 0 Å². The van der Waals surface area contributed by atoms with Gasteiger partial charge in [-0.3, -0.25) is 0 Å². The van der Waals surface area contributed by atoms with Crippen LogP contribution in [-0.2, 0) is 0 Å². The third-order valence-corrected chi connectivity index (χ3v) is 9.75. The maximum atomic E-state index is 4.86. The summed E-state index contributed by atoms with van der Waals surface area (Å²) in [7, 11) is 0. The lowest BCUT2D eigenvalue weighted by molar-refractivity contribution is 1.55. The summed E-state index contributed by atoms with van der Waals surface area (Å²) in [6, 6.07) is 51.6. The van der Waals surface area contributed by atoms with Crippen molar-refractivity contribution in [3.05, 3.63) is 162 Å². The van der Waals surface area contributed by atoms with Gasteiger partial charge < -0.3 is 0 Å². The summed E-state index contributed by atoms with van der Waals surface area (Å²) >= 11 is 0. The molecule has 0 bridgehead atoms. The van der Waals surface area contributed by atoms with Crippen LogP contribution in [0.1, 0.15) is 16.7 Å². The van der Waals surface area contributed by atoms with E-state index < -0.39 is 6.89 Å². The molecule has 0 aromatic heterocycles. The van der Waals surface area contributed by atoms with Gasteiger partial charge in [-0.15, -0.1) is 0 Å². The minimum Gasteiger partial charge on any atom is -0.0887 e. The number of rotatable bonds is 6. The van der Waals surface area contributed by atoms with E-state index >= 15 is 0 Å². The highest BCUT2D eigenvalue weighted by molar-refractivity contribution is 7.93. The van der Waals surface area contributed by atoms with Crippen LogP contribution < -0.4 is 15.9 Å². The molecule has 1 heteroatoms. The van der Waals surface area contributed by atoms with Crippen molar-refractivity contribution in [2.75, 3.05) is 0 Å². The Morgan fingerprint density at radius 1 is 0.441 bits per heavy atom. The zero-order valence-electron chi connectivity index (χ0n) is 19.1. The first-order valence-electron chi connectivity index (χ1n) is 11.5. The summed E-state index contributed by atoms with van der Waals surface area (Å²) in [5.41, 5.74) is 4.82. The standard InChI is InChI=1S/C33H27P/c1-34(30-18-10-4-11-19-30,31-20-12-5-13-21-31)32-24-22-27(23-25-32)26-33(28-14-6-2-7-15-28)29-16-8-3-9-17-29/h2-26H,1H2. The van der Waals surface area contributed by atoms with Gasteiger partial charge in [-0.2, -0.15) is 0 Å². The van der Waals surface area contributed by atoms with Crippen LogP contribution in [0.3, 0.4) is 0 Å². The highest BCUT2D eigenvalue weighted by Gasteiger charge is 2.21. The monoisotopic (exact) mass is 454 g/mol. The van der Waals surface area contributed by atoms with Crippen molar-refractivity contribution in [1.29, 1.82) is 0 Å². The maximum Gasteiger partial charge on any atom is -0.0105 e. The topological polar surface area (TPSA) is 0 Å². The third kappa shape index (κ3) is 4.46. The Morgan fingerprint density at radius 3 is 1.21 bits per heavy atom. The van der Waals surface area contributed by atoms with Gasteiger partial charge in [0.25, 0.3) is 0 Å². The zero-order chi connectivity index (χ0) is 23.2. The van der Waals surface area contributed by atoms with Crippen LogP contribution in [0.25, 0.3) is 11.6 Å². The molecule has 0 nitrogen and oxygen atoms in total. The minimum atomic E-state index is -1.97. The van der Waals surface area contributed by atoms with E-state index in [2.05, 4.69) is 152 Å². The van der Waals surface area contributed by atoms with Crippen LogP contribution >= 0.6 is 6.89 Å². The van der Waals surface area contributed by atoms with E-state index in [1.807, 2.05) is 0 Å². The second kappa shape index (κ2) is 9.96. The lowest BCUT2D eigenvalue weighted by Crippen LogP contribution is -2.25. The van der Waals surface area contributed by atoms with E-state index in [0.717, 1.165) is 0 Å². The molecule has 0 atom stereocenters. The van der Waals surface area contributed by atoms with Gasteiger partial charge in [0.1, 0.15) is 0 Å². The van der Waals surface area contributed by atoms with Crippen molar-refractivity contribution in [3.63, 3.8) is 0 Å². The Bertz CT molecular complexity index is 1330. The van der Waals surface area contributed by atoms with Crippen molar-refractivity contribution in [2.45, 2.75) is 0 Å². The molecule has 0 aliphatic heterocycles. The van der Waals surface area contributed by atoms with E-state index in [0.29, 0.717) is 0 Å². The van der Waals surface area contributed by atoms with Crippen LogP contribution in [0.4, 0.5) is 0 Å². The molecule has 5 aromatic rings. The Morgan fingerprint density at radius 2 is 0.794 bits per heavy atom. The molecule has 0 unspecified atom stereocenters. The lowest BCUT2D eigenvalue weighted by atomic mass is 9.96. The molecule has 34 heavy (non-hydrogen) atoms. The molecule has 0 heterocycles. The van der Waals surface area contributed by atoms with Gasteiger partial charge in [0, 0.05) is 0 Å². The normalized spacial score (nSPS) is 11.1. The van der Waals surface area contributed by atoms with E-state index in [1.54, 1.807) is 0 Å². The quantitative estimate of drug-likeness (QED) is 0.191. The molecule has 0 aliphatic rings. The fourth-order valence-corrected chi connectivity index (χ4v) is 7.29. The summed E-state index contributed by atoms with van der Waals surface area (Å²) in [4.78, 5) is 0. The van der Waals surface area contributed by atoms with Gasteiger partial charge in [0.05, 0.1) is 0 Å². The summed E-state index contributed by atoms with van der Waals surface area (Å²) in [6.45, 7) is -1.97. The number of benzene rings is 5. The van der Waals surface area contributed by atoms with E-state index in [1.165, 1.54) is 38.2 Å². The zero-order valence-corrected chi connectivity index (χ0v) is 20.0. The van der Waals surface area contributed by atoms with Crippen molar-refractivity contribution in [3.8, 4) is 0 Å². The molecule has 0 fully saturated rings. The predicted molar refractivity (Wildman–Crippen MR) is 152 cm³/mol. The molecule has 0 saturated heterocycles. The van der Waals surface area contributed by atoms with Crippen LogP contribution in [0.2, 0.25) is 0 Å². The van der Waals surface area contributed by atoms with Gasteiger partial charge in [-0.1, -0.05) is 152 Å². The van der Waals surface area contributed by atoms with Crippen molar-refractivity contribution in [2.24, 2.45) is 0 Å². The Balaban J connectivity index is 1.59. The molecular weight excluding hydrogens is 427 g/mol. The van der Waals surface area contributed by atoms with Gasteiger partial charge >= 0.3 is 0 Å². The largest absolute Gasteiger partial charge is 0.0887 e. The van der Waals surface area contributed by atoms with Crippen molar-refractivity contribution in [1.82, 2.24) is 0 Å². The minimum absolute atomic E-state index is 1.18. The number of hydrogen-bond acceptors (Lipinski definition) is 0. The second-order valence-electron chi connectivity index (χ2n) is 8.36. The second-order valence-corrected chi connectivity index (χ2v) is 11.5. The molecule has 0 saturated carbocycles. The molecule has 0 amide bonds. The number of hydrogen-bond donors (Lipinski definition) is 0. The average molecular weight is 455 g/mol. The van der Waals surface area contributed by atoms with Gasteiger partial charge in [0.2, 0.25) is 0 Å². The van der Waals surface area contributed by atoms with Gasteiger partial charge in [-0.05, 0) is 51.1 Å². The van der Waals surface area contributed by atoms with E-state index in [4.69, 9.17) is 6.30 Å². The Labute approximate surface area is 202 Å². The van der Waals surface area contributed by atoms with Crippen LogP contribution in [0, 0.1) is 0 Å². The first-order chi connectivity index (χ1) is 16.7. The van der Waals surface area contributed by atoms with E-state index in [9.17, 15) is 0 Å². The summed E-state index contributed by atoms with van der Waals surface area (Å²) in [5.74, 6) is 0. The Hall–Kier alpha value is -3.86. The van der Waals surface area contributed by atoms with Crippen LogP contribution in [-0.4, -0.2) is 6.30 Å². The highest BCUT2D eigenvalue weighted by Crippen LogP contribution is 2.41. The molecule has 164 valence electrons. The predicted octanol–water partition coefficient (Wildman–Crippen LogP) is 7.00. The molecule has 0 spiro atoms. The average Bonchev–Trinajstić information content (AvgIpc) is 2.93. The maximum absolute atomic E-state index is 4.86. The SMILES string of the molecule is C=P(c1ccccc1)(c1ccccc1)c1ccc(C=C(c2ccccc2)c2ccccc2)cc1. The van der Waals surface area contributed by atoms with Crippen molar-refractivity contribution < 1.29 is 0 Å². The first-order valence-corrected chi connectivity index (χ1v) is 13.5. The van der Waals surface area contributed by atoms with Crippen LogP contribution in [0.15, 0.2) is 146 Å². The van der Waals surface area contributed by atoms with Gasteiger partial charge in [0.15, 0.2) is 0 Å². The molecule has 0 N–H and O–H groups in total. The highest BCUT2D eigenvalue weighted by atomic mass is 31.2. The molecule has 5 aromatic carbocycles. The van der Waals surface area contributed by atoms with Crippen molar-refractivity contribution >= 4 is 40.7 Å². The molecule has 0 radical (unpaired) electrons. The van der Waals surface area contributed by atoms with E-state index in [-0.39, 0.29) is 0 Å². The Kier molecular flexibility index (Phi) is 6.43. The fraction of sp³-hybridized carbons (Fsp3) is 0. The molecule has 5 rings (SSSR count). The third-order valence-electron chi connectivity index (χ3n) is 6.21. The summed E-state index contributed by atoms with van der Waals surface area (Å²) in [5, 5.41) is 3.86. The smallest absolute Gasteiger partial charge is 0.0105 e. The molecular formula is C33H27P. The summed E-state index contributed by atoms with van der Waals surface area (Å²) < 4.78 is 0. The fourth-order valence-electron chi connectivity index (χ4n) is 4.37.